The van der Waals surface area contributed by atoms with Crippen molar-refractivity contribution in [2.24, 2.45) is 0 Å². The molecule has 0 saturated carbocycles. The number of nitrogens with one attached hydrogen (secondary N) is 1. The van der Waals surface area contributed by atoms with Gasteiger partial charge in [-0.05, 0) is 49.9 Å². The number of hydrogen-bond acceptors (Lipinski definition) is 4. The Balaban J connectivity index is 2.26. The van der Waals surface area contributed by atoms with Crippen molar-refractivity contribution in [2.45, 2.75) is 65.3 Å². The van der Waals surface area contributed by atoms with Crippen LogP contribution in [0.2, 0.25) is 0 Å². The van der Waals surface area contributed by atoms with Gasteiger partial charge in [0.25, 0.3) is 5.91 Å². The van der Waals surface area contributed by atoms with Gasteiger partial charge in [0.15, 0.2) is 0 Å². The Morgan fingerprint density at radius 3 is 2.38 bits per heavy atom. The summed E-state index contributed by atoms with van der Waals surface area (Å²) in [7, 11) is 0. The van der Waals surface area contributed by atoms with Crippen molar-refractivity contribution in [1.82, 2.24) is 10.2 Å². The van der Waals surface area contributed by atoms with Crippen molar-refractivity contribution in [3.8, 4) is 6.07 Å². The number of nitriles is 1. The van der Waals surface area contributed by atoms with Crippen LogP contribution in [0.4, 0.5) is 10.5 Å². The largest absolute Gasteiger partial charge is 0.325 e. The van der Waals surface area contributed by atoms with E-state index in [1.165, 1.54) is 4.90 Å². The molecule has 2 rings (SSSR count). The standard InChI is InChI=1S/C22H30N4O3/c1-5-10-22(11-6-2)20(28)26(21(29)24-22)15-19(27)25(13-7-12-23)18-9-8-16(3)17(4)14-18/h8-9,14H,5-7,10-11,13,15H2,1-4H3,(H,24,29). The Labute approximate surface area is 172 Å². The summed E-state index contributed by atoms with van der Waals surface area (Å²) >= 11 is 0. The van der Waals surface area contributed by atoms with Crippen LogP contribution in [0.25, 0.3) is 0 Å². The smallest absolute Gasteiger partial charge is 0.323 e. The predicted octanol–water partition coefficient (Wildman–Crippen LogP) is 3.44. The van der Waals surface area contributed by atoms with Gasteiger partial charge in [0, 0.05) is 12.2 Å². The molecule has 0 spiro atoms. The van der Waals surface area contributed by atoms with E-state index in [-0.39, 0.29) is 31.3 Å². The molecule has 1 aromatic rings. The summed E-state index contributed by atoms with van der Waals surface area (Å²) in [6, 6.07) is 7.15. The molecule has 0 aromatic heterocycles. The average molecular weight is 399 g/mol. The van der Waals surface area contributed by atoms with E-state index in [1.54, 1.807) is 0 Å². The summed E-state index contributed by atoms with van der Waals surface area (Å²) in [6.45, 7) is 7.73. The molecule has 1 N–H and O–H groups in total. The Hall–Kier alpha value is -2.88. The molecule has 29 heavy (non-hydrogen) atoms. The third-order valence-electron chi connectivity index (χ3n) is 5.44. The predicted molar refractivity (Wildman–Crippen MR) is 111 cm³/mol. The Morgan fingerprint density at radius 2 is 1.83 bits per heavy atom. The molecule has 0 bridgehead atoms. The molecule has 7 heteroatoms. The number of hydrogen-bond donors (Lipinski definition) is 1. The van der Waals surface area contributed by atoms with Crippen LogP contribution in [0.5, 0.6) is 0 Å². The van der Waals surface area contributed by atoms with Gasteiger partial charge in [-0.3, -0.25) is 14.5 Å². The summed E-state index contributed by atoms with van der Waals surface area (Å²) in [4.78, 5) is 41.1. The zero-order chi connectivity index (χ0) is 21.6. The first kappa shape index (κ1) is 22.4. The van der Waals surface area contributed by atoms with Gasteiger partial charge in [-0.15, -0.1) is 0 Å². The van der Waals surface area contributed by atoms with E-state index in [9.17, 15) is 14.4 Å². The Bertz CT molecular complexity index is 822. The van der Waals surface area contributed by atoms with E-state index in [0.717, 1.165) is 28.9 Å². The van der Waals surface area contributed by atoms with E-state index in [4.69, 9.17) is 5.26 Å². The number of nitrogens with zero attached hydrogens (tertiary/aromatic N) is 3. The van der Waals surface area contributed by atoms with Crippen LogP contribution in [0, 0.1) is 25.2 Å². The first-order valence-corrected chi connectivity index (χ1v) is 10.2. The van der Waals surface area contributed by atoms with Crippen molar-refractivity contribution in [2.75, 3.05) is 18.0 Å². The fourth-order valence-corrected chi connectivity index (χ4v) is 3.81. The van der Waals surface area contributed by atoms with Crippen LogP contribution >= 0.6 is 0 Å². The second-order valence-corrected chi connectivity index (χ2v) is 7.63. The number of benzene rings is 1. The topological polar surface area (TPSA) is 93.5 Å². The van der Waals surface area contributed by atoms with Crippen LogP contribution in [0.15, 0.2) is 18.2 Å². The SMILES string of the molecule is CCCC1(CCC)NC(=O)N(CC(=O)N(CCC#N)c2ccc(C)c(C)c2)C1=O. The van der Waals surface area contributed by atoms with E-state index < -0.39 is 11.6 Å². The molecule has 1 aliphatic heterocycles. The quantitative estimate of drug-likeness (QED) is 0.645. The lowest BCUT2D eigenvalue weighted by Gasteiger charge is -2.27. The van der Waals surface area contributed by atoms with Crippen molar-refractivity contribution < 1.29 is 14.4 Å². The summed E-state index contributed by atoms with van der Waals surface area (Å²) in [6.07, 6.45) is 2.76. The first-order valence-electron chi connectivity index (χ1n) is 10.2. The lowest BCUT2D eigenvalue weighted by atomic mass is 9.88. The molecule has 0 aliphatic carbocycles. The number of amides is 4. The van der Waals surface area contributed by atoms with Gasteiger partial charge >= 0.3 is 6.03 Å². The Morgan fingerprint density at radius 1 is 1.17 bits per heavy atom. The van der Waals surface area contributed by atoms with E-state index in [2.05, 4.69) is 11.4 Å². The second-order valence-electron chi connectivity index (χ2n) is 7.63. The number of aryl methyl sites for hydroxylation is 2. The summed E-state index contributed by atoms with van der Waals surface area (Å²) < 4.78 is 0. The van der Waals surface area contributed by atoms with Crippen LogP contribution < -0.4 is 10.2 Å². The van der Waals surface area contributed by atoms with E-state index in [0.29, 0.717) is 18.5 Å². The fourth-order valence-electron chi connectivity index (χ4n) is 3.81. The molecule has 0 atom stereocenters. The monoisotopic (exact) mass is 398 g/mol. The van der Waals surface area contributed by atoms with E-state index >= 15 is 0 Å². The number of imide groups is 1. The van der Waals surface area contributed by atoms with E-state index in [1.807, 2.05) is 45.9 Å². The normalized spacial score (nSPS) is 15.2. The fraction of sp³-hybridized carbons (Fsp3) is 0.545. The highest BCUT2D eigenvalue weighted by Gasteiger charge is 2.50. The summed E-state index contributed by atoms with van der Waals surface area (Å²) in [5.41, 5.74) is 1.86. The van der Waals surface area contributed by atoms with Crippen LogP contribution in [0.1, 0.15) is 57.1 Å². The molecule has 1 aliphatic rings. The highest BCUT2D eigenvalue weighted by atomic mass is 16.2. The third-order valence-corrected chi connectivity index (χ3v) is 5.44. The van der Waals surface area contributed by atoms with Crippen LogP contribution in [-0.2, 0) is 9.59 Å². The summed E-state index contributed by atoms with van der Waals surface area (Å²) in [5.74, 6) is -0.712. The first-order chi connectivity index (χ1) is 13.8. The van der Waals surface area contributed by atoms with Crippen molar-refractivity contribution in [1.29, 1.82) is 5.26 Å². The molecule has 0 radical (unpaired) electrons. The number of carbonyl (C=O) groups is 3. The molecule has 0 unspecified atom stereocenters. The lowest BCUT2D eigenvalue weighted by Crippen LogP contribution is -2.48. The molecule has 1 heterocycles. The minimum Gasteiger partial charge on any atom is -0.323 e. The molecular weight excluding hydrogens is 368 g/mol. The van der Waals surface area contributed by atoms with Gasteiger partial charge in [0.2, 0.25) is 5.91 Å². The highest BCUT2D eigenvalue weighted by Crippen LogP contribution is 2.28. The Kier molecular flexibility index (Phi) is 7.38. The maximum atomic E-state index is 13.1. The molecule has 1 saturated heterocycles. The molecule has 1 aromatic carbocycles. The number of urea groups is 1. The van der Waals surface area contributed by atoms with Crippen molar-refractivity contribution >= 4 is 23.5 Å². The van der Waals surface area contributed by atoms with Gasteiger partial charge in [0.05, 0.1) is 12.5 Å². The summed E-state index contributed by atoms with van der Waals surface area (Å²) in [5, 5.41) is 11.8. The second kappa shape index (κ2) is 9.55. The van der Waals surface area contributed by atoms with Crippen molar-refractivity contribution in [3.05, 3.63) is 29.3 Å². The average Bonchev–Trinajstić information content (AvgIpc) is 2.89. The van der Waals surface area contributed by atoms with Crippen LogP contribution in [-0.4, -0.2) is 41.4 Å². The number of rotatable bonds is 9. The molecule has 7 nitrogen and oxygen atoms in total. The van der Waals surface area contributed by atoms with Gasteiger partial charge in [-0.1, -0.05) is 32.8 Å². The van der Waals surface area contributed by atoms with Gasteiger partial charge in [-0.25, -0.2) is 4.79 Å². The maximum Gasteiger partial charge on any atom is 0.325 e. The molecule has 1 fully saturated rings. The zero-order valence-corrected chi connectivity index (χ0v) is 17.7. The molecule has 156 valence electrons. The molecular formula is C22H30N4O3. The highest BCUT2D eigenvalue weighted by molar-refractivity contribution is 6.10. The lowest BCUT2D eigenvalue weighted by molar-refractivity contribution is -0.134. The van der Waals surface area contributed by atoms with Crippen LogP contribution in [0.3, 0.4) is 0 Å². The third kappa shape index (κ3) is 4.76. The van der Waals surface area contributed by atoms with Gasteiger partial charge < -0.3 is 10.2 Å². The molecule has 4 amide bonds. The number of carbonyl (C=O) groups excluding carboxylic acids is 3. The minimum atomic E-state index is -0.918. The van der Waals surface area contributed by atoms with Crippen molar-refractivity contribution in [3.63, 3.8) is 0 Å². The van der Waals surface area contributed by atoms with Gasteiger partial charge in [-0.2, -0.15) is 5.26 Å². The zero-order valence-electron chi connectivity index (χ0n) is 17.7. The maximum absolute atomic E-state index is 13.1. The van der Waals surface area contributed by atoms with Gasteiger partial charge in [0.1, 0.15) is 12.1 Å². The number of anilines is 1. The minimum absolute atomic E-state index is 0.161.